The smallest absolute Gasteiger partial charge is 0.319 e. The van der Waals surface area contributed by atoms with Gasteiger partial charge in [-0.3, -0.25) is 9.78 Å². The molecule has 2 N–H and O–H groups in total. The standard InChI is InChI=1S/C11H16N2O2S/c1-3-9(11(14)15-4-2)16-10-5-6-13-7-8(10)12/h5-7,9H,3-4,12H2,1-2H3. The Balaban J connectivity index is 2.70. The van der Waals surface area contributed by atoms with E-state index in [4.69, 9.17) is 10.5 Å². The zero-order valence-electron chi connectivity index (χ0n) is 9.47. The van der Waals surface area contributed by atoms with Crippen molar-refractivity contribution in [2.75, 3.05) is 12.3 Å². The number of hydrogen-bond acceptors (Lipinski definition) is 5. The highest BCUT2D eigenvalue weighted by Crippen LogP contribution is 2.29. The van der Waals surface area contributed by atoms with E-state index in [1.54, 1.807) is 19.3 Å². The third-order valence-electron chi connectivity index (χ3n) is 2.00. The van der Waals surface area contributed by atoms with Gasteiger partial charge >= 0.3 is 5.97 Å². The van der Waals surface area contributed by atoms with Gasteiger partial charge in [-0.05, 0) is 19.4 Å². The first-order chi connectivity index (χ1) is 7.69. The highest BCUT2D eigenvalue weighted by molar-refractivity contribution is 8.00. The topological polar surface area (TPSA) is 65.2 Å². The van der Waals surface area contributed by atoms with Crippen molar-refractivity contribution in [3.05, 3.63) is 18.5 Å². The minimum absolute atomic E-state index is 0.189. The van der Waals surface area contributed by atoms with Crippen LogP contribution in [0.5, 0.6) is 0 Å². The molecule has 1 rings (SSSR count). The summed E-state index contributed by atoms with van der Waals surface area (Å²) in [4.78, 5) is 16.4. The molecule has 16 heavy (non-hydrogen) atoms. The molecule has 1 unspecified atom stereocenters. The summed E-state index contributed by atoms with van der Waals surface area (Å²) in [5.41, 5.74) is 6.36. The van der Waals surface area contributed by atoms with E-state index in [-0.39, 0.29) is 11.2 Å². The molecule has 0 amide bonds. The van der Waals surface area contributed by atoms with Crippen LogP contribution in [0.15, 0.2) is 23.4 Å². The first kappa shape index (κ1) is 12.8. The molecule has 0 saturated heterocycles. The molecule has 1 heterocycles. The molecule has 0 bridgehead atoms. The number of thioether (sulfide) groups is 1. The summed E-state index contributed by atoms with van der Waals surface area (Å²) in [7, 11) is 0. The maximum atomic E-state index is 11.6. The third kappa shape index (κ3) is 3.41. The maximum absolute atomic E-state index is 11.6. The number of hydrogen-bond donors (Lipinski definition) is 1. The van der Waals surface area contributed by atoms with Crippen molar-refractivity contribution in [1.82, 2.24) is 4.98 Å². The van der Waals surface area contributed by atoms with Crippen molar-refractivity contribution in [2.24, 2.45) is 0 Å². The fraction of sp³-hybridized carbons (Fsp3) is 0.455. The van der Waals surface area contributed by atoms with Gasteiger partial charge in [0.15, 0.2) is 0 Å². The van der Waals surface area contributed by atoms with Crippen LogP contribution >= 0.6 is 11.8 Å². The molecule has 0 saturated carbocycles. The van der Waals surface area contributed by atoms with Gasteiger partial charge in [0, 0.05) is 11.1 Å². The highest BCUT2D eigenvalue weighted by Gasteiger charge is 2.19. The monoisotopic (exact) mass is 240 g/mol. The quantitative estimate of drug-likeness (QED) is 0.630. The summed E-state index contributed by atoms with van der Waals surface area (Å²) in [6.45, 7) is 4.16. The van der Waals surface area contributed by atoms with Gasteiger partial charge in [-0.2, -0.15) is 0 Å². The van der Waals surface area contributed by atoms with E-state index in [1.807, 2.05) is 13.0 Å². The molecule has 88 valence electrons. The summed E-state index contributed by atoms with van der Waals surface area (Å²) in [5.74, 6) is -0.189. The number of nitrogen functional groups attached to an aromatic ring is 1. The number of carbonyl (C=O) groups excluding carboxylic acids is 1. The number of nitrogens with two attached hydrogens (primary N) is 1. The summed E-state index contributed by atoms with van der Waals surface area (Å²) >= 11 is 1.42. The van der Waals surface area contributed by atoms with Crippen LogP contribution in [0.1, 0.15) is 20.3 Å². The Bertz CT molecular complexity index is 358. The lowest BCUT2D eigenvalue weighted by molar-refractivity contribution is -0.142. The molecular formula is C11H16N2O2S. The Morgan fingerprint density at radius 2 is 2.38 bits per heavy atom. The van der Waals surface area contributed by atoms with E-state index in [1.165, 1.54) is 11.8 Å². The third-order valence-corrected chi connectivity index (χ3v) is 3.44. The van der Waals surface area contributed by atoms with Crippen molar-refractivity contribution in [1.29, 1.82) is 0 Å². The van der Waals surface area contributed by atoms with Gasteiger partial charge in [-0.1, -0.05) is 6.92 Å². The van der Waals surface area contributed by atoms with Crippen molar-refractivity contribution < 1.29 is 9.53 Å². The van der Waals surface area contributed by atoms with Gasteiger partial charge in [0.25, 0.3) is 0 Å². The summed E-state index contributed by atoms with van der Waals surface area (Å²) in [6.07, 6.45) is 3.96. The van der Waals surface area contributed by atoms with Gasteiger partial charge in [0.05, 0.1) is 18.5 Å². The summed E-state index contributed by atoms with van der Waals surface area (Å²) < 4.78 is 4.99. The molecule has 1 aromatic rings. The Kier molecular flexibility index (Phi) is 5.11. The first-order valence-electron chi connectivity index (χ1n) is 5.21. The molecule has 0 aliphatic carbocycles. The highest BCUT2D eigenvalue weighted by atomic mass is 32.2. The normalized spacial score (nSPS) is 12.1. The largest absolute Gasteiger partial charge is 0.465 e. The van der Waals surface area contributed by atoms with Crippen LogP contribution in [0.4, 0.5) is 5.69 Å². The fourth-order valence-corrected chi connectivity index (χ4v) is 2.15. The molecule has 0 aromatic carbocycles. The van der Waals surface area contributed by atoms with Crippen LogP contribution in [-0.4, -0.2) is 22.8 Å². The molecule has 0 radical (unpaired) electrons. The first-order valence-corrected chi connectivity index (χ1v) is 6.09. The van der Waals surface area contributed by atoms with E-state index >= 15 is 0 Å². The second-order valence-corrected chi connectivity index (χ2v) is 4.42. The van der Waals surface area contributed by atoms with Crippen molar-refractivity contribution >= 4 is 23.4 Å². The van der Waals surface area contributed by atoms with Gasteiger partial charge in [-0.25, -0.2) is 0 Å². The lowest BCUT2D eigenvalue weighted by Crippen LogP contribution is -2.19. The van der Waals surface area contributed by atoms with Crippen LogP contribution in [0.25, 0.3) is 0 Å². The zero-order valence-corrected chi connectivity index (χ0v) is 10.3. The molecule has 0 spiro atoms. The number of esters is 1. The van der Waals surface area contributed by atoms with Gasteiger partial charge in [0.2, 0.25) is 0 Å². The number of pyridine rings is 1. The van der Waals surface area contributed by atoms with E-state index in [9.17, 15) is 4.79 Å². The lowest BCUT2D eigenvalue weighted by atomic mass is 10.3. The van der Waals surface area contributed by atoms with Crippen LogP contribution in [-0.2, 0) is 9.53 Å². The zero-order chi connectivity index (χ0) is 12.0. The van der Waals surface area contributed by atoms with Crippen LogP contribution in [0.2, 0.25) is 0 Å². The Hall–Kier alpha value is -1.23. The van der Waals surface area contributed by atoms with E-state index in [0.29, 0.717) is 18.7 Å². The average Bonchev–Trinajstić information content (AvgIpc) is 2.28. The molecule has 1 aromatic heterocycles. The van der Waals surface area contributed by atoms with Gasteiger partial charge in [-0.15, -0.1) is 11.8 Å². The van der Waals surface area contributed by atoms with E-state index in [0.717, 1.165) is 4.90 Å². The average molecular weight is 240 g/mol. The van der Waals surface area contributed by atoms with E-state index in [2.05, 4.69) is 4.98 Å². The number of aromatic nitrogens is 1. The molecule has 0 aliphatic rings. The summed E-state index contributed by atoms with van der Waals surface area (Å²) in [6, 6.07) is 1.81. The van der Waals surface area contributed by atoms with E-state index < -0.39 is 0 Å². The molecule has 4 nitrogen and oxygen atoms in total. The van der Waals surface area contributed by atoms with Gasteiger partial charge < -0.3 is 10.5 Å². The van der Waals surface area contributed by atoms with Crippen molar-refractivity contribution in [3.8, 4) is 0 Å². The minimum atomic E-state index is -0.204. The lowest BCUT2D eigenvalue weighted by Gasteiger charge is -2.13. The fourth-order valence-electron chi connectivity index (χ4n) is 1.19. The van der Waals surface area contributed by atoms with Crippen LogP contribution < -0.4 is 5.73 Å². The summed E-state index contributed by atoms with van der Waals surface area (Å²) in [5, 5.41) is -0.204. The molecular weight excluding hydrogens is 224 g/mol. The molecule has 0 aliphatic heterocycles. The van der Waals surface area contributed by atoms with Gasteiger partial charge in [0.1, 0.15) is 5.25 Å². The number of carbonyl (C=O) groups is 1. The van der Waals surface area contributed by atoms with Crippen molar-refractivity contribution in [2.45, 2.75) is 30.4 Å². The number of rotatable bonds is 5. The second-order valence-electron chi connectivity index (χ2n) is 3.18. The minimum Gasteiger partial charge on any atom is -0.465 e. The van der Waals surface area contributed by atoms with Crippen LogP contribution in [0, 0.1) is 0 Å². The Labute approximate surface area is 99.6 Å². The maximum Gasteiger partial charge on any atom is 0.319 e. The SMILES string of the molecule is CCOC(=O)C(CC)Sc1ccncc1N. The number of ether oxygens (including phenoxy) is 1. The Morgan fingerprint density at radius 1 is 1.62 bits per heavy atom. The molecule has 0 fully saturated rings. The number of nitrogens with zero attached hydrogens (tertiary/aromatic N) is 1. The van der Waals surface area contributed by atoms with Crippen LogP contribution in [0.3, 0.4) is 0 Å². The predicted octanol–water partition coefficient (Wildman–Crippen LogP) is 2.10. The predicted molar refractivity (Wildman–Crippen MR) is 65.2 cm³/mol. The molecule has 5 heteroatoms. The molecule has 1 atom stereocenters. The van der Waals surface area contributed by atoms with Crippen molar-refractivity contribution in [3.63, 3.8) is 0 Å². The Morgan fingerprint density at radius 3 is 2.94 bits per heavy atom. The number of anilines is 1. The second kappa shape index (κ2) is 6.37.